The fourth-order valence-electron chi connectivity index (χ4n) is 2.69. The second-order valence-electron chi connectivity index (χ2n) is 6.09. The summed E-state index contributed by atoms with van der Waals surface area (Å²) in [7, 11) is 0. The molecule has 3 rings (SSSR count). The smallest absolute Gasteiger partial charge is 0.382 e. The number of hydrogen-bond acceptors (Lipinski definition) is 4. The van der Waals surface area contributed by atoms with Crippen molar-refractivity contribution < 1.29 is 22.7 Å². The molecule has 1 aromatic heterocycles. The number of pyridine rings is 1. The number of hydrogen-bond donors (Lipinski definition) is 2. The number of halogens is 4. The molecule has 0 aliphatic carbocycles. The molecule has 0 spiro atoms. The lowest BCUT2D eigenvalue weighted by Crippen LogP contribution is -2.19. The fraction of sp³-hybridized carbons (Fsp3) is 0.333. The highest BCUT2D eigenvalue weighted by atomic mass is 35.5. The van der Waals surface area contributed by atoms with Gasteiger partial charge in [0.15, 0.2) is 0 Å². The van der Waals surface area contributed by atoms with E-state index in [0.29, 0.717) is 12.2 Å². The summed E-state index contributed by atoms with van der Waals surface area (Å²) in [5.74, 6) is -0.656. The van der Waals surface area contributed by atoms with Gasteiger partial charge < -0.3 is 15.4 Å². The van der Waals surface area contributed by atoms with Crippen molar-refractivity contribution in [2.75, 3.05) is 23.8 Å². The summed E-state index contributed by atoms with van der Waals surface area (Å²) in [5.41, 5.74) is -0.306. The summed E-state index contributed by atoms with van der Waals surface area (Å²) in [4.78, 5) is 16.3. The lowest BCUT2D eigenvalue weighted by Gasteiger charge is -2.13. The lowest BCUT2D eigenvalue weighted by atomic mass is 10.2. The molecule has 9 heteroatoms. The third-order valence-electron chi connectivity index (χ3n) is 4.09. The molecule has 0 bridgehead atoms. The summed E-state index contributed by atoms with van der Waals surface area (Å²) in [6.45, 7) is 1.35. The fourth-order valence-corrected chi connectivity index (χ4v) is 2.85. The van der Waals surface area contributed by atoms with Gasteiger partial charge in [-0.1, -0.05) is 11.6 Å². The van der Waals surface area contributed by atoms with Gasteiger partial charge in [0.25, 0.3) is 5.91 Å². The molecule has 1 amide bonds. The van der Waals surface area contributed by atoms with Crippen LogP contribution in [0.1, 0.15) is 28.9 Å². The Kier molecular flexibility index (Phi) is 5.86. The monoisotopic (exact) mass is 399 g/mol. The molecule has 2 aromatic rings. The second kappa shape index (κ2) is 8.14. The molecule has 1 atom stereocenters. The Balaban J connectivity index is 1.70. The number of carbonyl (C=O) groups is 1. The molecule has 1 unspecified atom stereocenters. The number of aromatic nitrogens is 1. The molecule has 5 nitrogen and oxygen atoms in total. The van der Waals surface area contributed by atoms with Crippen molar-refractivity contribution >= 4 is 28.9 Å². The average Bonchev–Trinajstić information content (AvgIpc) is 3.14. The normalized spacial score (nSPS) is 17.0. The Bertz CT molecular complexity index is 824. The summed E-state index contributed by atoms with van der Waals surface area (Å²) >= 11 is 5.90. The number of rotatable bonds is 5. The molecule has 1 fully saturated rings. The number of anilines is 2. The van der Waals surface area contributed by atoms with Crippen molar-refractivity contribution in [2.45, 2.75) is 25.1 Å². The summed E-state index contributed by atoms with van der Waals surface area (Å²) in [5, 5.41) is 5.55. The molecule has 27 heavy (non-hydrogen) atoms. The minimum atomic E-state index is -4.53. The van der Waals surface area contributed by atoms with Gasteiger partial charge in [-0.2, -0.15) is 13.2 Å². The van der Waals surface area contributed by atoms with E-state index >= 15 is 0 Å². The van der Waals surface area contributed by atoms with Gasteiger partial charge in [0.05, 0.1) is 22.4 Å². The van der Waals surface area contributed by atoms with Crippen molar-refractivity contribution in [1.82, 2.24) is 4.98 Å². The van der Waals surface area contributed by atoms with Crippen LogP contribution >= 0.6 is 11.6 Å². The first-order valence-electron chi connectivity index (χ1n) is 8.32. The molecular formula is C18H17ClF3N3O2. The molecule has 1 aromatic carbocycles. The average molecular weight is 400 g/mol. The van der Waals surface area contributed by atoms with Crippen LogP contribution in [-0.4, -0.2) is 30.1 Å². The van der Waals surface area contributed by atoms with E-state index in [1.54, 1.807) is 6.07 Å². The zero-order chi connectivity index (χ0) is 19.4. The van der Waals surface area contributed by atoms with Crippen molar-refractivity contribution in [3.05, 3.63) is 52.8 Å². The number of nitrogens with one attached hydrogen (secondary N) is 2. The van der Waals surface area contributed by atoms with Crippen LogP contribution in [0.25, 0.3) is 0 Å². The molecule has 1 aliphatic heterocycles. The molecular weight excluding hydrogens is 383 g/mol. The van der Waals surface area contributed by atoms with Crippen molar-refractivity contribution in [3.63, 3.8) is 0 Å². The highest BCUT2D eigenvalue weighted by molar-refractivity contribution is 6.33. The molecule has 2 heterocycles. The van der Waals surface area contributed by atoms with E-state index in [0.717, 1.165) is 37.6 Å². The number of benzene rings is 1. The van der Waals surface area contributed by atoms with Gasteiger partial charge in [0, 0.05) is 25.0 Å². The van der Waals surface area contributed by atoms with E-state index in [1.165, 1.54) is 12.3 Å². The quantitative estimate of drug-likeness (QED) is 0.771. The Morgan fingerprint density at radius 3 is 2.81 bits per heavy atom. The number of alkyl halides is 3. The highest BCUT2D eigenvalue weighted by Crippen LogP contribution is 2.34. The molecule has 1 aliphatic rings. The van der Waals surface area contributed by atoms with E-state index in [9.17, 15) is 18.0 Å². The number of ether oxygens (including phenoxy) is 1. The van der Waals surface area contributed by atoms with Crippen LogP contribution in [0.5, 0.6) is 0 Å². The van der Waals surface area contributed by atoms with E-state index < -0.39 is 17.6 Å². The SMILES string of the molecule is O=C(Nc1cc(C(F)(F)F)ccc1Cl)c1cc(NCC2CCCO2)ccn1. The first kappa shape index (κ1) is 19.4. The van der Waals surface area contributed by atoms with Crippen molar-refractivity contribution in [3.8, 4) is 0 Å². The third-order valence-corrected chi connectivity index (χ3v) is 4.42. The molecule has 0 saturated carbocycles. The highest BCUT2D eigenvalue weighted by Gasteiger charge is 2.31. The summed E-state index contributed by atoms with van der Waals surface area (Å²) in [6.07, 6.45) is -0.970. The maximum absolute atomic E-state index is 12.8. The first-order valence-corrected chi connectivity index (χ1v) is 8.70. The van der Waals surface area contributed by atoms with E-state index in [4.69, 9.17) is 16.3 Å². The van der Waals surface area contributed by atoms with Crippen LogP contribution in [0, 0.1) is 0 Å². The van der Waals surface area contributed by atoms with E-state index in [2.05, 4.69) is 15.6 Å². The Labute approximate surface area is 158 Å². The standard InChI is InChI=1S/C18H17ClF3N3O2/c19-14-4-3-11(18(20,21)22)8-15(14)25-17(26)16-9-12(5-6-23-16)24-10-13-2-1-7-27-13/h3-6,8-9,13H,1-2,7,10H2,(H,23,24)(H,25,26). The molecule has 0 radical (unpaired) electrons. The summed E-state index contributed by atoms with van der Waals surface area (Å²) in [6, 6.07) is 5.95. The Hall–Kier alpha value is -2.32. The van der Waals surface area contributed by atoms with Crippen LogP contribution in [0.2, 0.25) is 5.02 Å². The predicted octanol–water partition coefficient (Wildman–Crippen LogP) is 4.60. The van der Waals surface area contributed by atoms with Crippen LogP contribution in [-0.2, 0) is 10.9 Å². The molecule has 144 valence electrons. The van der Waals surface area contributed by atoms with E-state index in [-0.39, 0.29) is 22.5 Å². The van der Waals surface area contributed by atoms with Crippen molar-refractivity contribution in [2.24, 2.45) is 0 Å². The largest absolute Gasteiger partial charge is 0.416 e. The third kappa shape index (κ3) is 5.11. The van der Waals surface area contributed by atoms with Gasteiger partial charge in [-0.25, -0.2) is 0 Å². The Morgan fingerprint density at radius 1 is 1.30 bits per heavy atom. The number of nitrogens with zero attached hydrogens (tertiary/aromatic N) is 1. The van der Waals surface area contributed by atoms with Crippen LogP contribution in [0.3, 0.4) is 0 Å². The maximum Gasteiger partial charge on any atom is 0.416 e. The van der Waals surface area contributed by atoms with Gasteiger partial charge >= 0.3 is 6.18 Å². The topological polar surface area (TPSA) is 63.2 Å². The zero-order valence-electron chi connectivity index (χ0n) is 14.1. The van der Waals surface area contributed by atoms with Gasteiger partial charge in [-0.05, 0) is 43.2 Å². The maximum atomic E-state index is 12.8. The van der Waals surface area contributed by atoms with Gasteiger partial charge in [0.2, 0.25) is 0 Å². The van der Waals surface area contributed by atoms with Crippen LogP contribution in [0.4, 0.5) is 24.5 Å². The van der Waals surface area contributed by atoms with E-state index in [1.807, 2.05) is 0 Å². The minimum Gasteiger partial charge on any atom is -0.382 e. The number of amides is 1. The first-order chi connectivity index (χ1) is 12.8. The van der Waals surface area contributed by atoms with Gasteiger partial charge in [-0.3, -0.25) is 9.78 Å². The lowest BCUT2D eigenvalue weighted by molar-refractivity contribution is -0.137. The zero-order valence-corrected chi connectivity index (χ0v) is 14.9. The number of carbonyl (C=O) groups excluding carboxylic acids is 1. The second-order valence-corrected chi connectivity index (χ2v) is 6.50. The van der Waals surface area contributed by atoms with Crippen LogP contribution < -0.4 is 10.6 Å². The Morgan fingerprint density at radius 2 is 2.11 bits per heavy atom. The van der Waals surface area contributed by atoms with Crippen LogP contribution in [0.15, 0.2) is 36.5 Å². The minimum absolute atomic E-state index is 0.00371. The predicted molar refractivity (Wildman–Crippen MR) is 96.1 cm³/mol. The molecule has 2 N–H and O–H groups in total. The molecule has 1 saturated heterocycles. The van der Waals surface area contributed by atoms with Crippen molar-refractivity contribution in [1.29, 1.82) is 0 Å². The summed E-state index contributed by atoms with van der Waals surface area (Å²) < 4.78 is 44.0. The van der Waals surface area contributed by atoms with Gasteiger partial charge in [-0.15, -0.1) is 0 Å². The van der Waals surface area contributed by atoms with Gasteiger partial charge in [0.1, 0.15) is 5.69 Å².